The molecule has 4 heterocycles. The quantitative estimate of drug-likeness (QED) is 0.559. The molecule has 33 heavy (non-hydrogen) atoms. The third-order valence-electron chi connectivity index (χ3n) is 6.81. The van der Waals surface area contributed by atoms with Crippen LogP contribution in [0, 0.1) is 0 Å². The van der Waals surface area contributed by atoms with Gasteiger partial charge in [0.15, 0.2) is 5.78 Å². The van der Waals surface area contributed by atoms with Gasteiger partial charge in [0.1, 0.15) is 36.4 Å². The minimum Gasteiger partial charge on any atom is -0.495 e. The van der Waals surface area contributed by atoms with Crippen LogP contribution in [-0.2, 0) is 11.3 Å². The first-order valence-corrected chi connectivity index (χ1v) is 11.7. The summed E-state index contributed by atoms with van der Waals surface area (Å²) in [6, 6.07) is 9.89. The molecule has 2 fully saturated rings. The van der Waals surface area contributed by atoms with Crippen LogP contribution in [0.1, 0.15) is 18.3 Å². The van der Waals surface area contributed by atoms with Gasteiger partial charge >= 0.3 is 0 Å². The molecule has 3 aliphatic rings. The molecular formula is C24H33N5O4. The number of anilines is 1. The van der Waals surface area contributed by atoms with Crippen LogP contribution >= 0.6 is 0 Å². The molecule has 1 aromatic carbocycles. The average molecular weight is 456 g/mol. The van der Waals surface area contributed by atoms with Crippen LogP contribution in [0.15, 0.2) is 36.5 Å². The third-order valence-corrected chi connectivity index (χ3v) is 6.81. The van der Waals surface area contributed by atoms with Gasteiger partial charge in [-0.2, -0.15) is 0 Å². The number of Topliss-reactive ketones (excluding diaryl/α,β-unsaturated/α-hetero) is 1. The van der Waals surface area contributed by atoms with E-state index in [0.717, 1.165) is 49.1 Å². The Bertz CT molecular complexity index is 972. The maximum atomic E-state index is 12.2. The molecule has 5 rings (SSSR count). The number of aromatic nitrogens is 1. The standard InChI is InChI=1S/C24H33N5O4/c1-32-22-5-3-2-4-20(22)28-10-8-27(9-11-28)14-18(30)16-33-19-12-17-13-26-23-21(31)6-7-25-24(23)29(17)15-19/h2-5,12,15,18,23-26,30H,6-11,13-14,16H2,1H3. The van der Waals surface area contributed by atoms with Crippen molar-refractivity contribution in [3.8, 4) is 11.5 Å². The van der Waals surface area contributed by atoms with E-state index in [4.69, 9.17) is 9.47 Å². The summed E-state index contributed by atoms with van der Waals surface area (Å²) in [7, 11) is 1.70. The molecule has 0 radical (unpaired) electrons. The van der Waals surface area contributed by atoms with Gasteiger partial charge in [-0.3, -0.25) is 20.3 Å². The number of aliphatic hydroxyl groups excluding tert-OH is 1. The highest BCUT2D eigenvalue weighted by Gasteiger charge is 2.36. The number of nitrogens with one attached hydrogen (secondary N) is 2. The second-order valence-corrected chi connectivity index (χ2v) is 8.97. The lowest BCUT2D eigenvalue weighted by atomic mass is 10.0. The normalized spacial score (nSPS) is 24.2. The van der Waals surface area contributed by atoms with Gasteiger partial charge in [0, 0.05) is 70.2 Å². The van der Waals surface area contributed by atoms with Gasteiger partial charge in [0.25, 0.3) is 0 Å². The van der Waals surface area contributed by atoms with Crippen molar-refractivity contribution in [3.05, 3.63) is 42.2 Å². The molecule has 0 aliphatic carbocycles. The van der Waals surface area contributed by atoms with E-state index in [2.05, 4.69) is 31.1 Å². The van der Waals surface area contributed by atoms with Crippen LogP contribution in [0.25, 0.3) is 0 Å². The first-order chi connectivity index (χ1) is 16.1. The van der Waals surface area contributed by atoms with Crippen LogP contribution in [0.2, 0.25) is 0 Å². The zero-order chi connectivity index (χ0) is 22.8. The van der Waals surface area contributed by atoms with E-state index in [1.165, 1.54) is 0 Å². The molecular weight excluding hydrogens is 422 g/mol. The highest BCUT2D eigenvalue weighted by molar-refractivity contribution is 5.85. The predicted octanol–water partition coefficient (Wildman–Crippen LogP) is 0.591. The second-order valence-electron chi connectivity index (χ2n) is 8.97. The van der Waals surface area contributed by atoms with Crippen molar-refractivity contribution >= 4 is 11.5 Å². The monoisotopic (exact) mass is 455 g/mol. The van der Waals surface area contributed by atoms with Crippen LogP contribution < -0.4 is 25.0 Å². The molecule has 178 valence electrons. The Kier molecular flexibility index (Phi) is 6.55. The Labute approximate surface area is 194 Å². The fraction of sp³-hybridized carbons (Fsp3) is 0.542. The van der Waals surface area contributed by atoms with Gasteiger partial charge in [0.05, 0.1) is 12.8 Å². The van der Waals surface area contributed by atoms with E-state index in [-0.39, 0.29) is 24.6 Å². The molecule has 1 aromatic heterocycles. The van der Waals surface area contributed by atoms with Gasteiger partial charge < -0.3 is 24.0 Å². The molecule has 2 saturated heterocycles. The Hall–Kier alpha value is -2.59. The van der Waals surface area contributed by atoms with Crippen molar-refractivity contribution in [3.63, 3.8) is 0 Å². The summed E-state index contributed by atoms with van der Waals surface area (Å²) in [5.74, 6) is 1.87. The number of piperazine rings is 1. The molecule has 3 N–H and O–H groups in total. The second kappa shape index (κ2) is 9.72. The molecule has 0 spiro atoms. The van der Waals surface area contributed by atoms with Crippen molar-refractivity contribution in [2.45, 2.75) is 31.3 Å². The molecule has 3 atom stereocenters. The lowest BCUT2D eigenvalue weighted by molar-refractivity contribution is -0.124. The topological polar surface area (TPSA) is 91.2 Å². The number of carbonyl (C=O) groups is 1. The van der Waals surface area contributed by atoms with Crippen molar-refractivity contribution in [1.29, 1.82) is 0 Å². The summed E-state index contributed by atoms with van der Waals surface area (Å²) in [4.78, 5) is 16.8. The molecule has 2 aromatic rings. The fourth-order valence-corrected chi connectivity index (χ4v) is 5.07. The van der Waals surface area contributed by atoms with Crippen molar-refractivity contribution in [2.75, 3.05) is 57.9 Å². The van der Waals surface area contributed by atoms with Crippen LogP contribution in [0.3, 0.4) is 0 Å². The first-order valence-electron chi connectivity index (χ1n) is 11.7. The molecule has 0 amide bonds. The lowest BCUT2D eigenvalue weighted by Crippen LogP contribution is -2.56. The molecule has 0 saturated carbocycles. The van der Waals surface area contributed by atoms with Gasteiger partial charge in [-0.05, 0) is 12.1 Å². The van der Waals surface area contributed by atoms with E-state index in [0.29, 0.717) is 26.1 Å². The maximum absolute atomic E-state index is 12.2. The first kappa shape index (κ1) is 22.2. The van der Waals surface area contributed by atoms with E-state index in [9.17, 15) is 9.90 Å². The number of para-hydroxylation sites is 2. The number of benzene rings is 1. The number of ketones is 1. The van der Waals surface area contributed by atoms with E-state index >= 15 is 0 Å². The van der Waals surface area contributed by atoms with Gasteiger partial charge in [0.2, 0.25) is 0 Å². The van der Waals surface area contributed by atoms with E-state index in [1.807, 2.05) is 30.5 Å². The molecule has 9 nitrogen and oxygen atoms in total. The minimum atomic E-state index is -0.569. The molecule has 9 heteroatoms. The largest absolute Gasteiger partial charge is 0.495 e. The summed E-state index contributed by atoms with van der Waals surface area (Å²) in [5, 5.41) is 17.3. The third kappa shape index (κ3) is 4.72. The average Bonchev–Trinajstić information content (AvgIpc) is 3.27. The lowest BCUT2D eigenvalue weighted by Gasteiger charge is -2.37. The predicted molar refractivity (Wildman–Crippen MR) is 125 cm³/mol. The Morgan fingerprint density at radius 3 is 2.82 bits per heavy atom. The molecule has 3 unspecified atom stereocenters. The zero-order valence-electron chi connectivity index (χ0n) is 19.1. The number of carbonyl (C=O) groups excluding carboxylic acids is 1. The summed E-state index contributed by atoms with van der Waals surface area (Å²) in [6.07, 6.45) is 1.86. The number of fused-ring (bicyclic) bond motifs is 3. The van der Waals surface area contributed by atoms with Gasteiger partial charge in [-0.15, -0.1) is 0 Å². The van der Waals surface area contributed by atoms with E-state index in [1.54, 1.807) is 7.11 Å². The number of hydrogen-bond donors (Lipinski definition) is 3. The number of nitrogens with zero attached hydrogens (tertiary/aromatic N) is 3. The minimum absolute atomic E-state index is 0.0724. The van der Waals surface area contributed by atoms with Gasteiger partial charge in [-0.1, -0.05) is 12.1 Å². The highest BCUT2D eigenvalue weighted by atomic mass is 16.5. The number of ether oxygens (including phenoxy) is 2. The number of piperidine rings is 1. The Morgan fingerprint density at radius 2 is 2.00 bits per heavy atom. The van der Waals surface area contributed by atoms with E-state index < -0.39 is 6.10 Å². The van der Waals surface area contributed by atoms with Crippen LogP contribution in [-0.4, -0.2) is 85.5 Å². The number of methoxy groups -OCH3 is 1. The van der Waals surface area contributed by atoms with Crippen LogP contribution in [0.4, 0.5) is 5.69 Å². The summed E-state index contributed by atoms with van der Waals surface area (Å²) in [5.41, 5.74) is 2.20. The number of β-amino-alcohol motifs (C(OH)–C–C–N with tert-alkyl or cyclic N) is 1. The summed E-state index contributed by atoms with van der Waals surface area (Å²) in [6.45, 7) is 5.69. The maximum Gasteiger partial charge on any atom is 0.154 e. The zero-order valence-corrected chi connectivity index (χ0v) is 19.1. The summed E-state index contributed by atoms with van der Waals surface area (Å²) >= 11 is 0. The number of hydrogen-bond acceptors (Lipinski definition) is 8. The highest BCUT2D eigenvalue weighted by Crippen LogP contribution is 2.29. The smallest absolute Gasteiger partial charge is 0.154 e. The Balaban J connectivity index is 1.11. The molecule has 0 bridgehead atoms. The van der Waals surface area contributed by atoms with Crippen molar-refractivity contribution in [2.24, 2.45) is 0 Å². The summed E-state index contributed by atoms with van der Waals surface area (Å²) < 4.78 is 13.5. The Morgan fingerprint density at radius 1 is 1.18 bits per heavy atom. The van der Waals surface area contributed by atoms with Crippen molar-refractivity contribution < 1.29 is 19.4 Å². The fourth-order valence-electron chi connectivity index (χ4n) is 5.07. The SMILES string of the molecule is COc1ccccc1N1CCN(CC(O)COc2cc3n(c2)C2NCCC(=O)C2NC3)CC1. The number of rotatable bonds is 7. The van der Waals surface area contributed by atoms with Crippen molar-refractivity contribution in [1.82, 2.24) is 20.1 Å². The van der Waals surface area contributed by atoms with Gasteiger partial charge in [-0.25, -0.2) is 0 Å². The van der Waals surface area contributed by atoms with Crippen LogP contribution in [0.5, 0.6) is 11.5 Å². The molecule has 3 aliphatic heterocycles. The number of aliphatic hydroxyl groups is 1.